The van der Waals surface area contributed by atoms with Gasteiger partial charge in [0.05, 0.1) is 15.6 Å². The Labute approximate surface area is 122 Å². The molecule has 19 heavy (non-hydrogen) atoms. The summed E-state index contributed by atoms with van der Waals surface area (Å²) in [6, 6.07) is 3.05. The highest BCUT2D eigenvalue weighted by Gasteiger charge is 2.42. The molecule has 1 fully saturated rings. The molecule has 1 heterocycles. The van der Waals surface area contributed by atoms with Crippen LogP contribution in [0.4, 0.5) is 4.39 Å². The first-order valence-corrected chi connectivity index (χ1v) is 7.15. The summed E-state index contributed by atoms with van der Waals surface area (Å²) in [6.45, 7) is 2.77. The van der Waals surface area contributed by atoms with E-state index >= 15 is 0 Å². The standard InChI is InChI=1S/C14H16Cl2FNO/c1-2-4-14(8-19)10(3-5-18-14)9-6-11(15)13(16)12(17)7-9/h6-8,10,18H,2-5H2,1H3. The van der Waals surface area contributed by atoms with Crippen molar-refractivity contribution < 1.29 is 9.18 Å². The van der Waals surface area contributed by atoms with Crippen LogP contribution in [0, 0.1) is 5.82 Å². The van der Waals surface area contributed by atoms with Gasteiger partial charge in [0.15, 0.2) is 0 Å². The normalized spacial score (nSPS) is 26.6. The summed E-state index contributed by atoms with van der Waals surface area (Å²) in [5, 5.41) is 3.38. The van der Waals surface area contributed by atoms with Gasteiger partial charge in [-0.15, -0.1) is 0 Å². The second-order valence-electron chi connectivity index (χ2n) is 4.97. The van der Waals surface area contributed by atoms with E-state index in [2.05, 4.69) is 5.32 Å². The van der Waals surface area contributed by atoms with Crippen LogP contribution in [0.2, 0.25) is 10.0 Å². The van der Waals surface area contributed by atoms with E-state index in [1.807, 2.05) is 6.92 Å². The van der Waals surface area contributed by atoms with Crippen LogP contribution >= 0.6 is 23.2 Å². The van der Waals surface area contributed by atoms with Gasteiger partial charge in [0.2, 0.25) is 0 Å². The summed E-state index contributed by atoms with van der Waals surface area (Å²) in [4.78, 5) is 11.5. The highest BCUT2D eigenvalue weighted by molar-refractivity contribution is 6.42. The van der Waals surface area contributed by atoms with Crippen molar-refractivity contribution in [3.8, 4) is 0 Å². The van der Waals surface area contributed by atoms with Gasteiger partial charge in [0, 0.05) is 5.92 Å². The third-order valence-electron chi connectivity index (χ3n) is 3.79. The highest BCUT2D eigenvalue weighted by Crippen LogP contribution is 2.40. The van der Waals surface area contributed by atoms with Gasteiger partial charge < -0.3 is 10.1 Å². The van der Waals surface area contributed by atoms with Crippen molar-refractivity contribution in [3.63, 3.8) is 0 Å². The lowest BCUT2D eigenvalue weighted by Gasteiger charge is -2.30. The number of nitrogens with one attached hydrogen (secondary N) is 1. The van der Waals surface area contributed by atoms with Crippen LogP contribution in [0.5, 0.6) is 0 Å². The minimum atomic E-state index is -0.613. The van der Waals surface area contributed by atoms with E-state index in [0.717, 1.165) is 37.7 Å². The summed E-state index contributed by atoms with van der Waals surface area (Å²) in [5.41, 5.74) is 0.121. The summed E-state index contributed by atoms with van der Waals surface area (Å²) < 4.78 is 13.7. The van der Waals surface area contributed by atoms with E-state index in [1.54, 1.807) is 6.07 Å². The number of carbonyl (C=O) groups excluding carboxylic acids is 1. The highest BCUT2D eigenvalue weighted by atomic mass is 35.5. The molecule has 1 aromatic carbocycles. The van der Waals surface area contributed by atoms with E-state index in [4.69, 9.17) is 23.2 Å². The molecule has 1 aromatic rings. The lowest BCUT2D eigenvalue weighted by atomic mass is 9.78. The predicted octanol–water partition coefficient (Wildman–Crippen LogP) is 3.95. The summed E-state index contributed by atoms with van der Waals surface area (Å²) in [6.07, 6.45) is 3.35. The summed E-state index contributed by atoms with van der Waals surface area (Å²) in [5.74, 6) is -0.596. The molecular weight excluding hydrogens is 288 g/mol. The Morgan fingerprint density at radius 2 is 2.26 bits per heavy atom. The van der Waals surface area contributed by atoms with Crippen LogP contribution in [-0.4, -0.2) is 18.4 Å². The summed E-state index contributed by atoms with van der Waals surface area (Å²) in [7, 11) is 0. The van der Waals surface area contributed by atoms with Crippen LogP contribution in [0.3, 0.4) is 0 Å². The zero-order chi connectivity index (χ0) is 14.0. The first-order valence-electron chi connectivity index (χ1n) is 6.40. The second-order valence-corrected chi connectivity index (χ2v) is 5.76. The maximum absolute atomic E-state index is 13.7. The van der Waals surface area contributed by atoms with E-state index in [9.17, 15) is 9.18 Å². The van der Waals surface area contributed by atoms with Gasteiger partial charge in [-0.05, 0) is 37.1 Å². The van der Waals surface area contributed by atoms with Crippen molar-refractivity contribution in [2.24, 2.45) is 0 Å². The third kappa shape index (κ3) is 2.64. The number of rotatable bonds is 4. The first-order chi connectivity index (χ1) is 9.04. The Morgan fingerprint density at radius 1 is 1.53 bits per heavy atom. The average Bonchev–Trinajstić information content (AvgIpc) is 2.80. The fourth-order valence-electron chi connectivity index (χ4n) is 2.93. The third-order valence-corrected chi connectivity index (χ3v) is 4.57. The molecule has 0 spiro atoms. The van der Waals surface area contributed by atoms with Crippen molar-refractivity contribution in [3.05, 3.63) is 33.6 Å². The van der Waals surface area contributed by atoms with Crippen molar-refractivity contribution in [2.45, 2.75) is 37.6 Å². The van der Waals surface area contributed by atoms with Gasteiger partial charge in [0.1, 0.15) is 12.1 Å². The van der Waals surface area contributed by atoms with Crippen molar-refractivity contribution in [1.29, 1.82) is 0 Å². The van der Waals surface area contributed by atoms with Gasteiger partial charge in [-0.2, -0.15) is 0 Å². The maximum atomic E-state index is 13.7. The molecule has 0 amide bonds. The minimum absolute atomic E-state index is 0.0609. The molecule has 0 radical (unpaired) electrons. The number of benzene rings is 1. The fraction of sp³-hybridized carbons (Fsp3) is 0.500. The predicted molar refractivity (Wildman–Crippen MR) is 75.5 cm³/mol. The number of halogens is 3. The van der Waals surface area contributed by atoms with Gasteiger partial charge in [0.25, 0.3) is 0 Å². The Balaban J connectivity index is 2.42. The Hall–Kier alpha value is -0.640. The lowest BCUT2D eigenvalue weighted by molar-refractivity contribution is -0.113. The van der Waals surface area contributed by atoms with Crippen LogP contribution in [-0.2, 0) is 4.79 Å². The molecule has 104 valence electrons. The molecule has 0 aliphatic carbocycles. The Morgan fingerprint density at radius 3 is 2.84 bits per heavy atom. The molecule has 0 bridgehead atoms. The molecule has 1 aliphatic rings. The van der Waals surface area contributed by atoms with E-state index in [1.165, 1.54) is 6.07 Å². The Kier molecular flexibility index (Phi) is 4.49. The van der Waals surface area contributed by atoms with Crippen LogP contribution in [0.25, 0.3) is 0 Å². The molecule has 2 nitrogen and oxygen atoms in total. The first kappa shape index (κ1) is 14.8. The van der Waals surface area contributed by atoms with Crippen molar-refractivity contribution in [1.82, 2.24) is 5.32 Å². The molecule has 5 heteroatoms. The van der Waals surface area contributed by atoms with Gasteiger partial charge in [-0.1, -0.05) is 36.5 Å². The van der Waals surface area contributed by atoms with Crippen LogP contribution in [0.1, 0.15) is 37.7 Å². The van der Waals surface area contributed by atoms with Crippen molar-refractivity contribution in [2.75, 3.05) is 6.54 Å². The molecule has 1 saturated heterocycles. The molecule has 2 rings (SSSR count). The lowest BCUT2D eigenvalue weighted by Crippen LogP contribution is -2.45. The molecule has 1 N–H and O–H groups in total. The average molecular weight is 304 g/mol. The van der Waals surface area contributed by atoms with Gasteiger partial charge in [-0.3, -0.25) is 0 Å². The van der Waals surface area contributed by atoms with Gasteiger partial charge in [-0.25, -0.2) is 4.39 Å². The molecule has 1 aliphatic heterocycles. The fourth-order valence-corrected chi connectivity index (χ4v) is 3.25. The zero-order valence-electron chi connectivity index (χ0n) is 10.7. The SMILES string of the molecule is CCCC1(C=O)NCCC1c1cc(F)c(Cl)c(Cl)c1. The molecule has 2 unspecified atom stereocenters. The van der Waals surface area contributed by atoms with E-state index < -0.39 is 11.4 Å². The molecule has 0 saturated carbocycles. The maximum Gasteiger partial charge on any atom is 0.143 e. The second kappa shape index (κ2) is 5.78. The zero-order valence-corrected chi connectivity index (χ0v) is 12.2. The molecule has 2 atom stereocenters. The molecular formula is C14H16Cl2FNO. The van der Waals surface area contributed by atoms with Crippen LogP contribution in [0.15, 0.2) is 12.1 Å². The van der Waals surface area contributed by atoms with Crippen LogP contribution < -0.4 is 5.32 Å². The monoisotopic (exact) mass is 303 g/mol. The quantitative estimate of drug-likeness (QED) is 0.674. The summed E-state index contributed by atoms with van der Waals surface area (Å²) >= 11 is 11.7. The van der Waals surface area contributed by atoms with Crippen molar-refractivity contribution >= 4 is 29.5 Å². The smallest absolute Gasteiger partial charge is 0.143 e. The Bertz CT molecular complexity index is 471. The minimum Gasteiger partial charge on any atom is -0.305 e. The number of hydrogen-bond donors (Lipinski definition) is 1. The van der Waals surface area contributed by atoms with E-state index in [0.29, 0.717) is 0 Å². The molecule has 0 aromatic heterocycles. The largest absolute Gasteiger partial charge is 0.305 e. The topological polar surface area (TPSA) is 29.1 Å². The number of carbonyl (C=O) groups is 1. The van der Waals surface area contributed by atoms with E-state index in [-0.39, 0.29) is 16.0 Å². The number of aldehydes is 1. The number of hydrogen-bond acceptors (Lipinski definition) is 2. The van der Waals surface area contributed by atoms with Gasteiger partial charge >= 0.3 is 0 Å².